The molecule has 5 aromatic rings. The van der Waals surface area contributed by atoms with Crippen LogP contribution in [0.15, 0.2) is 140 Å². The average Bonchev–Trinajstić information content (AvgIpc) is 3.56. The molecule has 14 heteroatoms. The largest absolute Gasteiger partial charge is 0.497 e. The number of esters is 1. The molecule has 0 aliphatic carbocycles. The van der Waals surface area contributed by atoms with E-state index in [1.807, 2.05) is 48.5 Å². The fourth-order valence-corrected chi connectivity index (χ4v) is 8.75. The highest BCUT2D eigenvalue weighted by molar-refractivity contribution is 6.21. The minimum atomic E-state index is -2.52. The normalized spacial score (nSPS) is 30.5. The Hall–Kier alpha value is -5.97. The summed E-state index contributed by atoms with van der Waals surface area (Å²) in [5, 5.41) is 26.6. The molecule has 0 spiro atoms. The van der Waals surface area contributed by atoms with Crippen molar-refractivity contribution >= 4 is 17.8 Å². The molecule has 11 atom stereocenters. The maximum atomic E-state index is 14.7. The van der Waals surface area contributed by atoms with E-state index in [1.165, 1.54) is 19.2 Å². The first kappa shape index (κ1) is 41.4. The van der Waals surface area contributed by atoms with E-state index in [-0.39, 0.29) is 35.7 Å². The molecule has 14 nitrogen and oxygen atoms in total. The van der Waals surface area contributed by atoms with Crippen LogP contribution in [0.4, 0.5) is 0 Å². The van der Waals surface area contributed by atoms with Crippen LogP contribution in [-0.4, -0.2) is 107 Å². The lowest BCUT2D eigenvalue weighted by Gasteiger charge is -2.59. The summed E-state index contributed by atoms with van der Waals surface area (Å²) in [5.74, 6) is -1.39. The van der Waals surface area contributed by atoms with Crippen LogP contribution in [0.5, 0.6) is 11.5 Å². The van der Waals surface area contributed by atoms with E-state index in [4.69, 9.17) is 37.9 Å². The molecular formula is C48H45NO13. The first-order valence-electron chi connectivity index (χ1n) is 20.4. The van der Waals surface area contributed by atoms with Crippen LogP contribution < -0.4 is 9.47 Å². The summed E-state index contributed by atoms with van der Waals surface area (Å²) in [6.45, 7) is 1.37. The fraction of sp³-hybridized carbons (Fsp3) is 0.312. The van der Waals surface area contributed by atoms with Crippen LogP contribution in [0, 0.1) is 0 Å². The van der Waals surface area contributed by atoms with Crippen LogP contribution in [0.25, 0.3) is 0 Å². The van der Waals surface area contributed by atoms with E-state index in [9.17, 15) is 24.6 Å². The number of aliphatic hydroxyl groups is 2. The number of carbonyl (C=O) groups excluding carboxylic acids is 3. The lowest BCUT2D eigenvalue weighted by atomic mass is 9.72. The third-order valence-corrected chi connectivity index (χ3v) is 11.8. The van der Waals surface area contributed by atoms with Crippen molar-refractivity contribution in [3.8, 4) is 11.5 Å². The van der Waals surface area contributed by atoms with Crippen molar-refractivity contribution in [3.05, 3.63) is 167 Å². The Morgan fingerprint density at radius 3 is 1.98 bits per heavy atom. The van der Waals surface area contributed by atoms with Gasteiger partial charge in [-0.1, -0.05) is 91.0 Å². The molecule has 5 aromatic carbocycles. The lowest BCUT2D eigenvalue weighted by molar-refractivity contribution is -0.393. The maximum absolute atomic E-state index is 14.7. The third-order valence-electron chi connectivity index (χ3n) is 11.8. The number of fused-ring (bicyclic) bond motifs is 2. The Kier molecular flexibility index (Phi) is 11.6. The van der Waals surface area contributed by atoms with Gasteiger partial charge in [-0.15, -0.1) is 0 Å². The highest BCUT2D eigenvalue weighted by Gasteiger charge is 2.71. The molecule has 4 heterocycles. The van der Waals surface area contributed by atoms with Gasteiger partial charge in [0.15, 0.2) is 12.4 Å². The third kappa shape index (κ3) is 7.64. The molecule has 3 fully saturated rings. The quantitative estimate of drug-likeness (QED) is 0.131. The van der Waals surface area contributed by atoms with Crippen molar-refractivity contribution < 1.29 is 62.5 Å². The summed E-state index contributed by atoms with van der Waals surface area (Å²) in [5.41, 5.74) is -0.741. The van der Waals surface area contributed by atoms with E-state index in [0.29, 0.717) is 11.3 Å². The molecule has 2 N–H and O–H groups in total. The van der Waals surface area contributed by atoms with Crippen LogP contribution in [-0.2, 0) is 35.0 Å². The molecule has 1 unspecified atom stereocenters. The van der Waals surface area contributed by atoms with E-state index in [1.54, 1.807) is 85.8 Å². The van der Waals surface area contributed by atoms with Gasteiger partial charge in [0, 0.05) is 5.56 Å². The second-order valence-electron chi connectivity index (χ2n) is 15.6. The second kappa shape index (κ2) is 17.4. The Labute approximate surface area is 357 Å². The minimum Gasteiger partial charge on any atom is -0.497 e. The molecule has 62 heavy (non-hydrogen) atoms. The Balaban J connectivity index is 1.19. The monoisotopic (exact) mass is 843 g/mol. The van der Waals surface area contributed by atoms with E-state index < -0.39 is 84.7 Å². The molecule has 0 saturated carbocycles. The number of rotatable bonds is 11. The van der Waals surface area contributed by atoms with Crippen LogP contribution in [0.2, 0.25) is 0 Å². The van der Waals surface area contributed by atoms with E-state index in [0.717, 1.165) is 10.5 Å². The molecular weight excluding hydrogens is 799 g/mol. The predicted octanol–water partition coefficient (Wildman–Crippen LogP) is 5.27. The number of nitrogens with zero attached hydrogens (tertiary/aromatic N) is 1. The zero-order chi connectivity index (χ0) is 43.0. The highest BCUT2D eigenvalue weighted by Crippen LogP contribution is 2.48. The number of benzene rings is 5. The maximum Gasteiger partial charge on any atom is 0.338 e. The average molecular weight is 844 g/mol. The molecule has 0 aromatic heterocycles. The lowest BCUT2D eigenvalue weighted by Crippen LogP contribution is -2.81. The van der Waals surface area contributed by atoms with Gasteiger partial charge in [0.2, 0.25) is 6.29 Å². The summed E-state index contributed by atoms with van der Waals surface area (Å²) in [6, 6.07) is 37.6. The number of methoxy groups -OCH3 is 1. The zero-order valence-corrected chi connectivity index (χ0v) is 33.8. The van der Waals surface area contributed by atoms with E-state index >= 15 is 0 Å². The standard InChI is InChI=1S/C48H45NO13/c1-28-38(61-45(53)30-16-8-4-9-17-30)37(50)39(56-26-29-14-6-3-7-15-29)42(58-28)48(54)40(49-43(51)34-20-12-13-21-35(34)44(49)52)47(59-33-24-22-32(55-2)23-25-33)60-36-27-57-46(62-41(36)48)31-18-10-5-11-19-31/h3-25,28,36-42,46-47,50,54H,26-27H2,1-2H3/t28-,36+,37+,38+,39-,40-,41+,42+,46?,47+,48+/m0/s1. The van der Waals surface area contributed by atoms with Gasteiger partial charge in [-0.25, -0.2) is 4.79 Å². The molecule has 320 valence electrons. The molecule has 3 saturated heterocycles. The molecule has 0 bridgehead atoms. The van der Waals surface area contributed by atoms with Crippen LogP contribution in [0.3, 0.4) is 0 Å². The van der Waals surface area contributed by atoms with Crippen molar-refractivity contribution in [2.45, 2.75) is 80.5 Å². The highest BCUT2D eigenvalue weighted by atomic mass is 16.8. The Morgan fingerprint density at radius 2 is 1.34 bits per heavy atom. The number of aliphatic hydroxyl groups excluding tert-OH is 1. The van der Waals surface area contributed by atoms with Gasteiger partial charge in [-0.3, -0.25) is 14.5 Å². The summed E-state index contributed by atoms with van der Waals surface area (Å²) >= 11 is 0. The van der Waals surface area contributed by atoms with Gasteiger partial charge in [-0.05, 0) is 61.0 Å². The zero-order valence-electron chi connectivity index (χ0n) is 33.8. The predicted molar refractivity (Wildman–Crippen MR) is 219 cm³/mol. The number of imide groups is 1. The molecule has 9 rings (SSSR count). The van der Waals surface area contributed by atoms with Crippen molar-refractivity contribution in [3.63, 3.8) is 0 Å². The Bertz CT molecular complexity index is 2330. The van der Waals surface area contributed by atoms with Gasteiger partial charge >= 0.3 is 5.97 Å². The summed E-state index contributed by atoms with van der Waals surface area (Å²) < 4.78 is 50.8. The topological polar surface area (TPSA) is 169 Å². The molecule has 4 aliphatic rings. The number of carbonyl (C=O) groups is 3. The second-order valence-corrected chi connectivity index (χ2v) is 15.6. The number of hydrogen-bond acceptors (Lipinski definition) is 13. The first-order valence-corrected chi connectivity index (χ1v) is 20.4. The number of amides is 2. The van der Waals surface area contributed by atoms with Gasteiger partial charge < -0.3 is 48.1 Å². The summed E-state index contributed by atoms with van der Waals surface area (Å²) in [6.07, 6.45) is -12.3. The Morgan fingerprint density at radius 1 is 0.742 bits per heavy atom. The fourth-order valence-electron chi connectivity index (χ4n) is 8.75. The van der Waals surface area contributed by atoms with Gasteiger partial charge in [0.25, 0.3) is 11.8 Å². The van der Waals surface area contributed by atoms with Crippen molar-refractivity contribution in [2.24, 2.45) is 0 Å². The van der Waals surface area contributed by atoms with Crippen LogP contribution >= 0.6 is 0 Å². The molecule has 2 amide bonds. The SMILES string of the molecule is COc1ccc(O[C@@H]2O[C@@H]3COC(c4ccccc4)O[C@H]3[C@@](O)([C@@H]3O[C@@H](C)[C@@H](OC(=O)c4ccccc4)[C@@H](O)[C@@H]3OCc3ccccc3)[C@H]2N2C(=O)c3ccccc3C2=O)cc1. The van der Waals surface area contributed by atoms with Gasteiger partial charge in [0.1, 0.15) is 53.7 Å². The van der Waals surface area contributed by atoms with Crippen molar-refractivity contribution in [2.75, 3.05) is 13.7 Å². The first-order chi connectivity index (χ1) is 30.1. The van der Waals surface area contributed by atoms with E-state index in [2.05, 4.69) is 0 Å². The number of ether oxygens (including phenoxy) is 8. The van der Waals surface area contributed by atoms with Crippen molar-refractivity contribution in [1.82, 2.24) is 4.90 Å². The minimum absolute atomic E-state index is 0.0864. The summed E-state index contributed by atoms with van der Waals surface area (Å²) in [7, 11) is 1.52. The number of hydrogen-bond donors (Lipinski definition) is 2. The van der Waals surface area contributed by atoms with Crippen LogP contribution in [0.1, 0.15) is 55.4 Å². The molecule has 0 radical (unpaired) electrons. The molecule has 4 aliphatic heterocycles. The van der Waals surface area contributed by atoms with Gasteiger partial charge in [-0.2, -0.15) is 0 Å². The summed E-state index contributed by atoms with van der Waals surface area (Å²) in [4.78, 5) is 43.8. The van der Waals surface area contributed by atoms with Gasteiger partial charge in [0.05, 0.1) is 43.1 Å². The van der Waals surface area contributed by atoms with Crippen molar-refractivity contribution in [1.29, 1.82) is 0 Å². The smallest absolute Gasteiger partial charge is 0.338 e.